The Balaban J connectivity index is 2.32. The normalized spacial score (nSPS) is 14.6. The molecule has 8 heteroatoms. The van der Waals surface area contributed by atoms with Crippen molar-refractivity contribution in [1.29, 1.82) is 0 Å². The van der Waals surface area contributed by atoms with E-state index < -0.39 is 10.9 Å². The van der Waals surface area contributed by atoms with Gasteiger partial charge in [0, 0.05) is 17.0 Å². The van der Waals surface area contributed by atoms with Gasteiger partial charge in [-0.2, -0.15) is 0 Å². The van der Waals surface area contributed by atoms with Crippen LogP contribution in [0, 0.1) is 10.1 Å². The maximum Gasteiger partial charge on any atom is 0.304 e. The summed E-state index contributed by atoms with van der Waals surface area (Å²) in [6, 6.07) is 2.92. The van der Waals surface area contributed by atoms with E-state index in [1.807, 2.05) is 0 Å². The standard InChI is InChI=1S/C12H12N2O5S/c1-6(2-12(16)17)20-10-5-8-7(4-11(15)13-8)3-9(10)14(18)19/h3,5-6H,2,4H2,1H3,(H,13,15)(H,16,17). The lowest BCUT2D eigenvalue weighted by Gasteiger charge is -2.10. The molecule has 1 unspecified atom stereocenters. The summed E-state index contributed by atoms with van der Waals surface area (Å²) < 4.78 is 0. The Morgan fingerprint density at radius 3 is 2.90 bits per heavy atom. The molecule has 1 atom stereocenters. The molecule has 20 heavy (non-hydrogen) atoms. The molecule has 0 saturated heterocycles. The minimum atomic E-state index is -0.956. The zero-order chi connectivity index (χ0) is 14.9. The predicted molar refractivity (Wildman–Crippen MR) is 73.0 cm³/mol. The SMILES string of the molecule is CC(CC(=O)O)Sc1cc2c(cc1[N+](=O)[O-])CC(=O)N2. The van der Waals surface area contributed by atoms with Crippen molar-refractivity contribution in [3.63, 3.8) is 0 Å². The first-order valence-electron chi connectivity index (χ1n) is 5.86. The summed E-state index contributed by atoms with van der Waals surface area (Å²) in [7, 11) is 0. The van der Waals surface area contributed by atoms with E-state index in [-0.39, 0.29) is 29.7 Å². The summed E-state index contributed by atoms with van der Waals surface area (Å²) in [5, 5.41) is 22.1. The number of carboxylic acids is 1. The van der Waals surface area contributed by atoms with Gasteiger partial charge in [0.1, 0.15) is 0 Å². The molecule has 0 spiro atoms. The van der Waals surface area contributed by atoms with Gasteiger partial charge in [-0.15, -0.1) is 11.8 Å². The number of rotatable bonds is 5. The van der Waals surface area contributed by atoms with Crippen LogP contribution >= 0.6 is 11.8 Å². The Labute approximate surface area is 118 Å². The van der Waals surface area contributed by atoms with Gasteiger partial charge in [0.2, 0.25) is 5.91 Å². The van der Waals surface area contributed by atoms with Gasteiger partial charge in [0.05, 0.1) is 22.7 Å². The molecule has 0 bridgehead atoms. The van der Waals surface area contributed by atoms with Crippen molar-refractivity contribution in [1.82, 2.24) is 0 Å². The van der Waals surface area contributed by atoms with Gasteiger partial charge < -0.3 is 10.4 Å². The quantitative estimate of drug-likeness (QED) is 0.489. The maximum atomic E-state index is 11.3. The first-order valence-corrected chi connectivity index (χ1v) is 6.74. The Morgan fingerprint density at radius 2 is 2.30 bits per heavy atom. The van der Waals surface area contributed by atoms with Crippen LogP contribution in [0.5, 0.6) is 0 Å². The van der Waals surface area contributed by atoms with Gasteiger partial charge in [-0.25, -0.2) is 0 Å². The summed E-state index contributed by atoms with van der Waals surface area (Å²) in [6.07, 6.45) is 0.0388. The van der Waals surface area contributed by atoms with E-state index in [1.54, 1.807) is 13.0 Å². The fourth-order valence-electron chi connectivity index (χ4n) is 1.98. The Morgan fingerprint density at radius 1 is 1.60 bits per heavy atom. The lowest BCUT2D eigenvalue weighted by molar-refractivity contribution is -0.387. The molecule has 2 rings (SSSR count). The van der Waals surface area contributed by atoms with E-state index in [0.717, 1.165) is 11.8 Å². The molecule has 1 aromatic carbocycles. The molecule has 0 aromatic heterocycles. The summed E-state index contributed by atoms with van der Waals surface area (Å²) in [4.78, 5) is 32.9. The van der Waals surface area contributed by atoms with Gasteiger partial charge in [-0.3, -0.25) is 19.7 Å². The van der Waals surface area contributed by atoms with Crippen LogP contribution in [-0.2, 0) is 16.0 Å². The lowest BCUT2D eigenvalue weighted by Crippen LogP contribution is -2.06. The number of nitro benzene ring substituents is 1. The highest BCUT2D eigenvalue weighted by molar-refractivity contribution is 8.00. The molecule has 7 nitrogen and oxygen atoms in total. The van der Waals surface area contributed by atoms with Crippen LogP contribution in [0.4, 0.5) is 11.4 Å². The Kier molecular flexibility index (Phi) is 3.93. The maximum absolute atomic E-state index is 11.3. The van der Waals surface area contributed by atoms with Crippen LogP contribution in [0.15, 0.2) is 17.0 Å². The highest BCUT2D eigenvalue weighted by atomic mass is 32.2. The fourth-order valence-corrected chi connectivity index (χ4v) is 3.08. The minimum absolute atomic E-state index is 0.0920. The molecule has 1 amide bonds. The highest BCUT2D eigenvalue weighted by Crippen LogP contribution is 2.38. The van der Waals surface area contributed by atoms with Crippen LogP contribution in [0.2, 0.25) is 0 Å². The lowest BCUT2D eigenvalue weighted by atomic mass is 10.1. The third-order valence-electron chi connectivity index (χ3n) is 2.80. The summed E-state index contributed by atoms with van der Waals surface area (Å²) in [5.74, 6) is -1.16. The Hall–Kier alpha value is -2.09. The molecule has 0 saturated carbocycles. The van der Waals surface area contributed by atoms with E-state index >= 15 is 0 Å². The van der Waals surface area contributed by atoms with Gasteiger partial charge in [-0.1, -0.05) is 6.92 Å². The summed E-state index contributed by atoms with van der Waals surface area (Å²) in [6.45, 7) is 1.69. The van der Waals surface area contributed by atoms with Gasteiger partial charge in [-0.05, 0) is 11.6 Å². The van der Waals surface area contributed by atoms with Crippen LogP contribution in [0.25, 0.3) is 0 Å². The van der Waals surface area contributed by atoms with E-state index in [4.69, 9.17) is 5.11 Å². The first kappa shape index (κ1) is 14.3. The number of nitrogens with zero attached hydrogens (tertiary/aromatic N) is 1. The number of fused-ring (bicyclic) bond motifs is 1. The monoisotopic (exact) mass is 296 g/mol. The predicted octanol–water partition coefficient (Wildman–Crippen LogP) is 2.04. The molecule has 1 aliphatic rings. The second kappa shape index (κ2) is 5.49. The van der Waals surface area contributed by atoms with Crippen LogP contribution in [-0.4, -0.2) is 27.2 Å². The number of hydrogen-bond donors (Lipinski definition) is 2. The smallest absolute Gasteiger partial charge is 0.304 e. The second-order valence-electron chi connectivity index (χ2n) is 4.49. The number of benzene rings is 1. The van der Waals surface area contributed by atoms with Crippen molar-refractivity contribution in [2.24, 2.45) is 0 Å². The zero-order valence-electron chi connectivity index (χ0n) is 10.6. The third-order valence-corrected chi connectivity index (χ3v) is 3.95. The van der Waals surface area contributed by atoms with Crippen molar-refractivity contribution in [3.8, 4) is 0 Å². The second-order valence-corrected chi connectivity index (χ2v) is 5.97. The topological polar surface area (TPSA) is 110 Å². The number of nitro groups is 1. The van der Waals surface area contributed by atoms with Crippen LogP contribution in [0.3, 0.4) is 0 Å². The summed E-state index contributed by atoms with van der Waals surface area (Å²) >= 11 is 1.12. The number of carboxylic acid groups (broad SMARTS) is 1. The molecule has 0 aliphatic carbocycles. The van der Waals surface area contributed by atoms with E-state index in [2.05, 4.69) is 5.32 Å². The van der Waals surface area contributed by atoms with Crippen LogP contribution < -0.4 is 5.32 Å². The number of hydrogen-bond acceptors (Lipinski definition) is 5. The average Bonchev–Trinajstić information content (AvgIpc) is 2.65. The molecule has 0 fully saturated rings. The Bertz CT molecular complexity index is 602. The van der Waals surface area contributed by atoms with Crippen molar-refractivity contribution in [3.05, 3.63) is 27.8 Å². The third kappa shape index (κ3) is 3.08. The number of aliphatic carboxylic acids is 1. The van der Waals surface area contributed by atoms with E-state index in [1.165, 1.54) is 6.07 Å². The molecule has 1 heterocycles. The number of carbonyl (C=O) groups is 2. The number of nitrogens with one attached hydrogen (secondary N) is 1. The van der Waals surface area contributed by atoms with Crippen molar-refractivity contribution < 1.29 is 19.6 Å². The fraction of sp³-hybridized carbons (Fsp3) is 0.333. The van der Waals surface area contributed by atoms with Gasteiger partial charge >= 0.3 is 5.97 Å². The van der Waals surface area contributed by atoms with E-state index in [0.29, 0.717) is 16.1 Å². The molecule has 1 aliphatic heterocycles. The largest absolute Gasteiger partial charge is 0.481 e. The molecule has 1 aromatic rings. The zero-order valence-corrected chi connectivity index (χ0v) is 11.4. The summed E-state index contributed by atoms with van der Waals surface area (Å²) in [5.41, 5.74) is 1.06. The first-order chi connectivity index (χ1) is 9.36. The number of anilines is 1. The minimum Gasteiger partial charge on any atom is -0.481 e. The van der Waals surface area contributed by atoms with E-state index in [9.17, 15) is 19.7 Å². The number of amides is 1. The van der Waals surface area contributed by atoms with Crippen molar-refractivity contribution in [2.75, 3.05) is 5.32 Å². The number of carbonyl (C=O) groups excluding carboxylic acids is 1. The van der Waals surface area contributed by atoms with Crippen LogP contribution in [0.1, 0.15) is 18.9 Å². The molecular weight excluding hydrogens is 284 g/mol. The number of thioether (sulfide) groups is 1. The van der Waals surface area contributed by atoms with Crippen molar-refractivity contribution >= 4 is 35.0 Å². The average molecular weight is 296 g/mol. The van der Waals surface area contributed by atoms with Gasteiger partial charge in [0.15, 0.2) is 0 Å². The molecule has 2 N–H and O–H groups in total. The molecule has 106 valence electrons. The van der Waals surface area contributed by atoms with Gasteiger partial charge in [0.25, 0.3) is 5.69 Å². The van der Waals surface area contributed by atoms with Crippen molar-refractivity contribution in [2.45, 2.75) is 29.9 Å². The highest BCUT2D eigenvalue weighted by Gasteiger charge is 2.26. The molecule has 0 radical (unpaired) electrons. The molecular formula is C12H12N2O5S.